The third kappa shape index (κ3) is 3.22. The zero-order valence-corrected chi connectivity index (χ0v) is 15.9. The van der Waals surface area contributed by atoms with E-state index in [1.807, 2.05) is 19.2 Å². The van der Waals surface area contributed by atoms with Crippen molar-refractivity contribution in [3.63, 3.8) is 0 Å². The molecule has 28 heavy (non-hydrogen) atoms. The first-order valence-corrected chi connectivity index (χ1v) is 9.25. The topological polar surface area (TPSA) is 103 Å². The molecule has 1 fully saturated rings. The Labute approximate surface area is 163 Å². The number of aromatic nitrogens is 4. The number of nitrogens with zero attached hydrogens (tertiary/aromatic N) is 4. The Morgan fingerprint density at radius 2 is 2.29 bits per heavy atom. The maximum atomic E-state index is 7.52. The molecule has 3 aromatic rings. The monoisotopic (exact) mass is 377 g/mol. The molecule has 0 bridgehead atoms. The lowest BCUT2D eigenvalue weighted by Gasteiger charge is -2.34. The van der Waals surface area contributed by atoms with Gasteiger partial charge in [-0.3, -0.25) is 10.1 Å². The number of nitrogens with one attached hydrogen (secondary N) is 3. The summed E-state index contributed by atoms with van der Waals surface area (Å²) in [6, 6.07) is 6.15. The van der Waals surface area contributed by atoms with Crippen LogP contribution in [0.1, 0.15) is 12.5 Å². The summed E-state index contributed by atoms with van der Waals surface area (Å²) in [5.41, 5.74) is 4.20. The van der Waals surface area contributed by atoms with E-state index in [9.17, 15) is 0 Å². The lowest BCUT2D eigenvalue weighted by molar-refractivity contribution is 0.0985. The smallest absolute Gasteiger partial charge is 0.130 e. The van der Waals surface area contributed by atoms with Crippen LogP contribution >= 0.6 is 0 Å². The average Bonchev–Trinajstić information content (AvgIpc) is 3.26. The molecule has 144 valence electrons. The molecule has 1 atom stereocenters. The number of H-pyrrole nitrogens is 1. The third-order valence-corrected chi connectivity index (χ3v) is 4.94. The van der Waals surface area contributed by atoms with Gasteiger partial charge < -0.3 is 20.4 Å². The molecule has 4 heterocycles. The van der Waals surface area contributed by atoms with E-state index in [1.54, 1.807) is 18.5 Å². The number of anilines is 1. The second-order valence-electron chi connectivity index (χ2n) is 6.67. The zero-order valence-electron chi connectivity index (χ0n) is 15.9. The number of ether oxygens (including phenoxy) is 1. The van der Waals surface area contributed by atoms with Gasteiger partial charge in [0.25, 0.3) is 0 Å². The molecule has 0 saturated carbocycles. The Balaban J connectivity index is 1.99. The van der Waals surface area contributed by atoms with Gasteiger partial charge in [-0.05, 0) is 31.2 Å². The highest BCUT2D eigenvalue weighted by Crippen LogP contribution is 2.32. The number of allylic oxidation sites excluding steroid dienone is 1. The molecule has 4 rings (SSSR count). The number of morpholine rings is 1. The summed E-state index contributed by atoms with van der Waals surface area (Å²) in [5.74, 6) is 0.873. The van der Waals surface area contributed by atoms with E-state index < -0.39 is 0 Å². The number of fused-ring (bicyclic) bond motifs is 1. The van der Waals surface area contributed by atoms with Crippen LogP contribution in [0.4, 0.5) is 5.82 Å². The van der Waals surface area contributed by atoms with Gasteiger partial charge in [0, 0.05) is 48.8 Å². The quantitative estimate of drug-likeness (QED) is 0.590. The molecular weight excluding hydrogens is 354 g/mol. The van der Waals surface area contributed by atoms with Crippen LogP contribution in [-0.4, -0.2) is 59.2 Å². The molecule has 1 saturated heterocycles. The highest BCUT2D eigenvalue weighted by Gasteiger charge is 2.23. The molecule has 8 heteroatoms. The van der Waals surface area contributed by atoms with Gasteiger partial charge in [-0.15, -0.1) is 0 Å². The Hall–Kier alpha value is -3.26. The fourth-order valence-corrected chi connectivity index (χ4v) is 3.55. The normalized spacial score (nSPS) is 17.7. The van der Waals surface area contributed by atoms with Crippen molar-refractivity contribution in [3.8, 4) is 11.4 Å². The molecule has 0 aromatic carbocycles. The first-order valence-electron chi connectivity index (χ1n) is 9.25. The van der Waals surface area contributed by atoms with Gasteiger partial charge in [0.1, 0.15) is 17.0 Å². The number of aromatic amines is 1. The second-order valence-corrected chi connectivity index (χ2v) is 6.67. The van der Waals surface area contributed by atoms with Gasteiger partial charge in [0.05, 0.1) is 24.9 Å². The van der Waals surface area contributed by atoms with E-state index in [0.717, 1.165) is 45.9 Å². The summed E-state index contributed by atoms with van der Waals surface area (Å²) < 4.78 is 5.59. The summed E-state index contributed by atoms with van der Waals surface area (Å²) in [7, 11) is 1.86. The summed E-state index contributed by atoms with van der Waals surface area (Å²) in [5, 5.41) is 18.7. The fraction of sp³-hybridized carbons (Fsp3) is 0.300. The number of pyridine rings is 2. The van der Waals surface area contributed by atoms with Crippen molar-refractivity contribution in [3.05, 3.63) is 42.2 Å². The molecule has 0 radical (unpaired) electrons. The molecule has 3 aromatic heterocycles. The summed E-state index contributed by atoms with van der Waals surface area (Å²) >= 11 is 0. The van der Waals surface area contributed by atoms with Gasteiger partial charge in [-0.25, -0.2) is 4.98 Å². The molecule has 3 N–H and O–H groups in total. The first-order chi connectivity index (χ1) is 13.7. The van der Waals surface area contributed by atoms with E-state index >= 15 is 0 Å². The Bertz CT molecular complexity index is 1010. The maximum Gasteiger partial charge on any atom is 0.130 e. The predicted octanol–water partition coefficient (Wildman–Crippen LogP) is 2.45. The number of hydrogen-bond donors (Lipinski definition) is 3. The van der Waals surface area contributed by atoms with E-state index in [2.05, 4.69) is 38.4 Å². The lowest BCUT2D eigenvalue weighted by Crippen LogP contribution is -2.44. The van der Waals surface area contributed by atoms with Crippen LogP contribution in [0.2, 0.25) is 0 Å². The van der Waals surface area contributed by atoms with Crippen LogP contribution in [0, 0.1) is 5.41 Å². The Morgan fingerprint density at radius 1 is 1.39 bits per heavy atom. The van der Waals surface area contributed by atoms with Crippen molar-refractivity contribution in [2.75, 3.05) is 31.7 Å². The van der Waals surface area contributed by atoms with Gasteiger partial charge in [-0.2, -0.15) is 5.10 Å². The van der Waals surface area contributed by atoms with E-state index in [0.29, 0.717) is 13.2 Å². The van der Waals surface area contributed by atoms with Crippen molar-refractivity contribution in [1.82, 2.24) is 25.5 Å². The minimum Gasteiger partial charge on any atom is -0.388 e. The Morgan fingerprint density at radius 3 is 3.00 bits per heavy atom. The van der Waals surface area contributed by atoms with Gasteiger partial charge >= 0.3 is 0 Å². The summed E-state index contributed by atoms with van der Waals surface area (Å²) in [4.78, 5) is 11.8. The predicted molar refractivity (Wildman–Crippen MR) is 111 cm³/mol. The second kappa shape index (κ2) is 7.77. The van der Waals surface area contributed by atoms with Gasteiger partial charge in [0.15, 0.2) is 0 Å². The molecule has 1 aliphatic heterocycles. The van der Waals surface area contributed by atoms with Gasteiger partial charge in [-0.1, -0.05) is 0 Å². The maximum absolute atomic E-state index is 7.52. The van der Waals surface area contributed by atoms with Crippen LogP contribution < -0.4 is 10.2 Å². The standard InChI is InChI=1S/C20H23N7O/c1-13-12-28-10-9-27(13)18-11-15(16(22-2)3-6-21)14-4-7-23-20(19(14)25-18)17-5-8-24-26-17/h3-8,11,13,21-22H,9-10,12H2,1-2H3,(H,24,26)/b16-3-,21-6?/t13-/m1/s1. The van der Waals surface area contributed by atoms with Crippen LogP contribution in [0.3, 0.4) is 0 Å². The van der Waals surface area contributed by atoms with Gasteiger partial charge in [0.2, 0.25) is 0 Å². The SMILES string of the molecule is CN/C(=C\C=N)c1cc(N2CCOC[C@H]2C)nc2c(-c3ccn[nH]3)nccc12. The summed E-state index contributed by atoms with van der Waals surface area (Å²) in [6.45, 7) is 4.26. The molecule has 0 spiro atoms. The molecule has 0 unspecified atom stereocenters. The van der Waals surface area contributed by atoms with Crippen LogP contribution in [-0.2, 0) is 4.74 Å². The highest BCUT2D eigenvalue weighted by atomic mass is 16.5. The first kappa shape index (κ1) is 18.1. The molecule has 0 amide bonds. The number of rotatable bonds is 5. The third-order valence-electron chi connectivity index (χ3n) is 4.94. The molecule has 0 aliphatic carbocycles. The molecule has 8 nitrogen and oxygen atoms in total. The zero-order chi connectivity index (χ0) is 19.5. The fourth-order valence-electron chi connectivity index (χ4n) is 3.55. The van der Waals surface area contributed by atoms with E-state index in [-0.39, 0.29) is 6.04 Å². The Kier molecular flexibility index (Phi) is 5.03. The van der Waals surface area contributed by atoms with Crippen molar-refractivity contribution in [2.45, 2.75) is 13.0 Å². The van der Waals surface area contributed by atoms with Crippen molar-refractivity contribution >= 4 is 28.6 Å². The van der Waals surface area contributed by atoms with E-state index in [4.69, 9.17) is 15.1 Å². The van der Waals surface area contributed by atoms with Crippen LogP contribution in [0.5, 0.6) is 0 Å². The molecule has 1 aliphatic rings. The minimum atomic E-state index is 0.226. The van der Waals surface area contributed by atoms with Crippen molar-refractivity contribution in [1.29, 1.82) is 5.41 Å². The highest BCUT2D eigenvalue weighted by molar-refractivity contribution is 6.00. The molecular formula is C20H23N7O. The van der Waals surface area contributed by atoms with Crippen molar-refractivity contribution < 1.29 is 4.74 Å². The number of hydrogen-bond acceptors (Lipinski definition) is 7. The van der Waals surface area contributed by atoms with E-state index in [1.165, 1.54) is 6.21 Å². The largest absolute Gasteiger partial charge is 0.388 e. The van der Waals surface area contributed by atoms with Crippen LogP contribution in [0.25, 0.3) is 28.0 Å². The summed E-state index contributed by atoms with van der Waals surface area (Å²) in [6.07, 6.45) is 6.51. The lowest BCUT2D eigenvalue weighted by atomic mass is 10.0. The minimum absolute atomic E-state index is 0.226. The van der Waals surface area contributed by atoms with Crippen LogP contribution in [0.15, 0.2) is 36.7 Å². The average molecular weight is 377 g/mol. The van der Waals surface area contributed by atoms with Crippen molar-refractivity contribution in [2.24, 2.45) is 0 Å².